The average molecular weight is 272 g/mol. The van der Waals surface area contributed by atoms with Gasteiger partial charge in [-0.25, -0.2) is 0 Å². The van der Waals surface area contributed by atoms with Crippen molar-refractivity contribution < 1.29 is 4.79 Å². The molecular weight excluding hydrogens is 244 g/mol. The fourth-order valence-electron chi connectivity index (χ4n) is 2.64. The van der Waals surface area contributed by atoms with Crippen molar-refractivity contribution in [2.24, 2.45) is 11.7 Å². The number of nitrogens with one attached hydrogen (secondary N) is 1. The molecule has 0 heterocycles. The van der Waals surface area contributed by atoms with Gasteiger partial charge in [-0.05, 0) is 31.4 Å². The second-order valence-electron chi connectivity index (χ2n) is 5.90. The summed E-state index contributed by atoms with van der Waals surface area (Å²) in [6, 6.07) is -0.354. The molecule has 1 atom stereocenters. The minimum Gasteiger partial charge on any atom is -0.353 e. The second-order valence-corrected chi connectivity index (χ2v) is 7.18. The molecule has 0 saturated heterocycles. The molecule has 106 valence electrons. The van der Waals surface area contributed by atoms with Crippen molar-refractivity contribution in [1.29, 1.82) is 0 Å². The zero-order valence-corrected chi connectivity index (χ0v) is 12.8. The second kappa shape index (κ2) is 7.39. The van der Waals surface area contributed by atoms with Crippen LogP contribution in [0.2, 0.25) is 0 Å². The van der Waals surface area contributed by atoms with Gasteiger partial charge in [0.25, 0.3) is 0 Å². The van der Waals surface area contributed by atoms with Crippen LogP contribution < -0.4 is 11.1 Å². The standard InChI is InChI=1S/C14H28N2OS/c1-11(2)9-12(15)13(17)16-10-14(18-3)7-5-4-6-8-14/h11-12H,4-10,15H2,1-3H3,(H,16,17)/t12-/m0/s1. The highest BCUT2D eigenvalue weighted by Gasteiger charge is 2.31. The van der Waals surface area contributed by atoms with Gasteiger partial charge in [-0.3, -0.25) is 4.79 Å². The van der Waals surface area contributed by atoms with E-state index in [9.17, 15) is 4.79 Å². The van der Waals surface area contributed by atoms with Crippen LogP contribution in [0.4, 0.5) is 0 Å². The fourth-order valence-corrected chi connectivity index (χ4v) is 3.56. The van der Waals surface area contributed by atoms with Gasteiger partial charge in [0.15, 0.2) is 0 Å². The highest BCUT2D eigenvalue weighted by Crippen LogP contribution is 2.37. The minimum absolute atomic E-state index is 0.0164. The van der Waals surface area contributed by atoms with E-state index in [-0.39, 0.29) is 16.7 Å². The molecule has 1 rings (SSSR count). The van der Waals surface area contributed by atoms with E-state index in [2.05, 4.69) is 25.4 Å². The summed E-state index contributed by atoms with van der Waals surface area (Å²) in [5, 5.41) is 3.06. The van der Waals surface area contributed by atoms with Crippen molar-refractivity contribution in [1.82, 2.24) is 5.32 Å². The maximum Gasteiger partial charge on any atom is 0.236 e. The molecule has 1 saturated carbocycles. The van der Waals surface area contributed by atoms with E-state index < -0.39 is 0 Å². The van der Waals surface area contributed by atoms with Crippen LogP contribution >= 0.6 is 11.8 Å². The van der Waals surface area contributed by atoms with Gasteiger partial charge >= 0.3 is 0 Å². The molecule has 0 aromatic heterocycles. The number of hydrogen-bond acceptors (Lipinski definition) is 3. The van der Waals surface area contributed by atoms with E-state index in [1.54, 1.807) is 0 Å². The van der Waals surface area contributed by atoms with Crippen molar-refractivity contribution in [3.63, 3.8) is 0 Å². The Hall–Kier alpha value is -0.220. The van der Waals surface area contributed by atoms with E-state index >= 15 is 0 Å². The Balaban J connectivity index is 2.40. The summed E-state index contributed by atoms with van der Waals surface area (Å²) in [5.41, 5.74) is 5.90. The van der Waals surface area contributed by atoms with Crippen molar-refractivity contribution in [3.05, 3.63) is 0 Å². The molecule has 0 aromatic carbocycles. The summed E-state index contributed by atoms with van der Waals surface area (Å²) in [5.74, 6) is 0.484. The van der Waals surface area contributed by atoms with Crippen molar-refractivity contribution in [2.45, 2.75) is 63.2 Å². The maximum absolute atomic E-state index is 11.9. The van der Waals surface area contributed by atoms with Crippen molar-refractivity contribution >= 4 is 17.7 Å². The molecule has 0 aromatic rings. The molecule has 0 aliphatic heterocycles. The number of amides is 1. The van der Waals surface area contributed by atoms with E-state index in [4.69, 9.17) is 5.73 Å². The summed E-state index contributed by atoms with van der Waals surface area (Å²) in [6.45, 7) is 4.97. The van der Waals surface area contributed by atoms with Crippen LogP contribution in [-0.2, 0) is 4.79 Å². The molecule has 0 bridgehead atoms. The summed E-state index contributed by atoms with van der Waals surface area (Å²) >= 11 is 1.91. The normalized spacial score (nSPS) is 20.7. The number of nitrogens with two attached hydrogens (primary N) is 1. The van der Waals surface area contributed by atoms with Crippen molar-refractivity contribution in [3.8, 4) is 0 Å². The summed E-state index contributed by atoms with van der Waals surface area (Å²) in [4.78, 5) is 11.9. The van der Waals surface area contributed by atoms with Gasteiger partial charge in [0.2, 0.25) is 5.91 Å². The highest BCUT2D eigenvalue weighted by molar-refractivity contribution is 8.00. The number of thioether (sulfide) groups is 1. The minimum atomic E-state index is -0.354. The Labute approximate surface area is 116 Å². The fraction of sp³-hybridized carbons (Fsp3) is 0.929. The Morgan fingerprint density at radius 1 is 1.33 bits per heavy atom. The molecular formula is C14H28N2OS. The lowest BCUT2D eigenvalue weighted by Gasteiger charge is -2.36. The first kappa shape index (κ1) is 15.8. The van der Waals surface area contributed by atoms with Crippen LogP contribution in [0.15, 0.2) is 0 Å². The monoisotopic (exact) mass is 272 g/mol. The van der Waals surface area contributed by atoms with Crippen LogP contribution in [0, 0.1) is 5.92 Å². The van der Waals surface area contributed by atoms with E-state index in [1.165, 1.54) is 32.1 Å². The number of carbonyl (C=O) groups excluding carboxylic acids is 1. The topological polar surface area (TPSA) is 55.1 Å². The molecule has 3 nitrogen and oxygen atoms in total. The smallest absolute Gasteiger partial charge is 0.236 e. The Morgan fingerprint density at radius 3 is 2.44 bits per heavy atom. The molecule has 0 radical (unpaired) electrons. The highest BCUT2D eigenvalue weighted by atomic mass is 32.2. The van der Waals surface area contributed by atoms with E-state index in [0.717, 1.165) is 13.0 Å². The van der Waals surface area contributed by atoms with Gasteiger partial charge in [-0.2, -0.15) is 11.8 Å². The van der Waals surface area contributed by atoms with Gasteiger partial charge in [-0.15, -0.1) is 0 Å². The first-order valence-corrected chi connectivity index (χ1v) is 8.30. The SMILES string of the molecule is CSC1(CNC(=O)[C@@H](N)CC(C)C)CCCCC1. The third-order valence-electron chi connectivity index (χ3n) is 3.84. The van der Waals surface area contributed by atoms with Gasteiger partial charge < -0.3 is 11.1 Å². The molecule has 3 N–H and O–H groups in total. The molecule has 1 fully saturated rings. The Kier molecular flexibility index (Phi) is 6.50. The number of carbonyl (C=O) groups is 1. The average Bonchev–Trinajstić information content (AvgIpc) is 2.36. The van der Waals surface area contributed by atoms with E-state index in [0.29, 0.717) is 5.92 Å². The molecule has 4 heteroatoms. The van der Waals surface area contributed by atoms with Gasteiger partial charge in [0.05, 0.1) is 6.04 Å². The third kappa shape index (κ3) is 4.81. The zero-order valence-electron chi connectivity index (χ0n) is 12.0. The Morgan fingerprint density at radius 2 is 1.94 bits per heavy atom. The van der Waals surface area contributed by atoms with Gasteiger partial charge in [0, 0.05) is 11.3 Å². The Bertz CT molecular complexity index is 263. The van der Waals surface area contributed by atoms with Gasteiger partial charge in [0.1, 0.15) is 0 Å². The predicted molar refractivity (Wildman–Crippen MR) is 79.8 cm³/mol. The maximum atomic E-state index is 11.9. The zero-order chi connectivity index (χ0) is 13.6. The number of hydrogen-bond donors (Lipinski definition) is 2. The van der Waals surface area contributed by atoms with E-state index in [1.807, 2.05) is 11.8 Å². The third-order valence-corrected chi connectivity index (χ3v) is 5.26. The van der Waals surface area contributed by atoms with Crippen LogP contribution in [0.3, 0.4) is 0 Å². The summed E-state index contributed by atoms with van der Waals surface area (Å²) in [6.07, 6.45) is 9.26. The lowest BCUT2D eigenvalue weighted by Crippen LogP contribution is -2.47. The number of rotatable bonds is 6. The molecule has 0 spiro atoms. The summed E-state index contributed by atoms with van der Waals surface area (Å²) in [7, 11) is 0. The molecule has 1 aliphatic rings. The van der Waals surface area contributed by atoms with Crippen LogP contribution in [-0.4, -0.2) is 29.5 Å². The summed E-state index contributed by atoms with van der Waals surface area (Å²) < 4.78 is 0.255. The van der Waals surface area contributed by atoms with Crippen molar-refractivity contribution in [2.75, 3.05) is 12.8 Å². The first-order chi connectivity index (χ1) is 8.49. The molecule has 18 heavy (non-hydrogen) atoms. The lowest BCUT2D eigenvalue weighted by molar-refractivity contribution is -0.122. The quantitative estimate of drug-likeness (QED) is 0.781. The van der Waals surface area contributed by atoms with Gasteiger partial charge in [-0.1, -0.05) is 33.1 Å². The largest absolute Gasteiger partial charge is 0.353 e. The molecule has 1 aliphatic carbocycles. The first-order valence-electron chi connectivity index (χ1n) is 7.07. The molecule has 1 amide bonds. The predicted octanol–water partition coefficient (Wildman–Crippen LogP) is 2.54. The molecule has 0 unspecified atom stereocenters. The lowest BCUT2D eigenvalue weighted by atomic mass is 9.88. The van der Waals surface area contributed by atoms with Crippen LogP contribution in [0.25, 0.3) is 0 Å². The van der Waals surface area contributed by atoms with Crippen LogP contribution in [0.1, 0.15) is 52.4 Å². The van der Waals surface area contributed by atoms with Crippen LogP contribution in [0.5, 0.6) is 0 Å².